The van der Waals surface area contributed by atoms with Gasteiger partial charge in [0.1, 0.15) is 0 Å². The van der Waals surface area contributed by atoms with E-state index >= 15 is 0 Å². The molecule has 1 aliphatic carbocycles. The van der Waals surface area contributed by atoms with E-state index in [9.17, 15) is 0 Å². The van der Waals surface area contributed by atoms with Gasteiger partial charge in [0, 0.05) is 18.2 Å². The highest BCUT2D eigenvalue weighted by Gasteiger charge is 2.46. The summed E-state index contributed by atoms with van der Waals surface area (Å²) >= 11 is 0. The van der Waals surface area contributed by atoms with Crippen LogP contribution in [0.4, 0.5) is 0 Å². The summed E-state index contributed by atoms with van der Waals surface area (Å²) < 4.78 is 2.01. The molecule has 1 fully saturated rings. The molecule has 13 heavy (non-hydrogen) atoms. The van der Waals surface area contributed by atoms with Gasteiger partial charge in [-0.25, -0.2) is 0 Å². The van der Waals surface area contributed by atoms with Crippen LogP contribution < -0.4 is 5.73 Å². The van der Waals surface area contributed by atoms with E-state index in [2.05, 4.69) is 12.0 Å². The Balaban J connectivity index is 2.34. The van der Waals surface area contributed by atoms with Crippen molar-refractivity contribution in [2.75, 3.05) is 6.54 Å². The molecule has 1 aliphatic rings. The third kappa shape index (κ3) is 1.27. The Morgan fingerprint density at radius 1 is 1.62 bits per heavy atom. The first-order valence-electron chi connectivity index (χ1n) is 4.89. The number of nitrogens with zero attached hydrogens (tertiary/aromatic N) is 2. The highest BCUT2D eigenvalue weighted by molar-refractivity contribution is 5.31. The van der Waals surface area contributed by atoms with Gasteiger partial charge in [-0.2, -0.15) is 5.10 Å². The van der Waals surface area contributed by atoms with Gasteiger partial charge >= 0.3 is 0 Å². The number of aromatic nitrogens is 2. The summed E-state index contributed by atoms with van der Waals surface area (Å²) in [5, 5.41) is 4.28. The molecule has 0 amide bonds. The minimum absolute atomic E-state index is 0.379. The molecule has 3 heteroatoms. The van der Waals surface area contributed by atoms with Gasteiger partial charge in [0.2, 0.25) is 0 Å². The fourth-order valence-electron chi connectivity index (χ4n) is 2.34. The van der Waals surface area contributed by atoms with E-state index in [-0.39, 0.29) is 0 Å². The average molecular weight is 179 g/mol. The van der Waals surface area contributed by atoms with E-state index in [4.69, 9.17) is 5.73 Å². The summed E-state index contributed by atoms with van der Waals surface area (Å²) in [4.78, 5) is 0. The maximum absolute atomic E-state index is 5.63. The monoisotopic (exact) mass is 179 g/mol. The topological polar surface area (TPSA) is 43.8 Å². The zero-order valence-corrected chi connectivity index (χ0v) is 8.38. The maximum atomic E-state index is 5.63. The van der Waals surface area contributed by atoms with Gasteiger partial charge in [-0.3, -0.25) is 4.68 Å². The molecule has 3 nitrogen and oxygen atoms in total. The van der Waals surface area contributed by atoms with Crippen LogP contribution in [0.1, 0.15) is 30.5 Å². The highest BCUT2D eigenvalue weighted by atomic mass is 15.3. The maximum Gasteiger partial charge on any atom is 0.0521 e. The van der Waals surface area contributed by atoms with Gasteiger partial charge in [-0.15, -0.1) is 0 Å². The van der Waals surface area contributed by atoms with Crippen molar-refractivity contribution in [1.82, 2.24) is 9.78 Å². The molecule has 0 saturated heterocycles. The van der Waals surface area contributed by atoms with Crippen LogP contribution in [0, 0.1) is 6.92 Å². The van der Waals surface area contributed by atoms with E-state index in [1.165, 1.54) is 24.1 Å². The second-order valence-corrected chi connectivity index (χ2v) is 4.12. The molecular weight excluding hydrogens is 162 g/mol. The molecular formula is C10H17N3. The first-order valence-corrected chi connectivity index (χ1v) is 4.89. The van der Waals surface area contributed by atoms with Gasteiger partial charge in [0.15, 0.2) is 0 Å². The Hall–Kier alpha value is -0.830. The Bertz CT molecular complexity index is 290. The number of aryl methyl sites for hydroxylation is 2. The van der Waals surface area contributed by atoms with E-state index in [1.54, 1.807) is 0 Å². The Kier molecular flexibility index (Phi) is 1.91. The second-order valence-electron chi connectivity index (χ2n) is 4.12. The number of rotatable bonds is 3. The van der Waals surface area contributed by atoms with Crippen molar-refractivity contribution >= 4 is 0 Å². The molecule has 1 aromatic heterocycles. The zero-order valence-electron chi connectivity index (χ0n) is 8.38. The van der Waals surface area contributed by atoms with Gasteiger partial charge in [0.25, 0.3) is 0 Å². The van der Waals surface area contributed by atoms with Crippen LogP contribution in [0.3, 0.4) is 0 Å². The molecule has 0 unspecified atom stereocenters. The summed E-state index contributed by atoms with van der Waals surface area (Å²) in [5.74, 6) is 0. The number of hydrogen-bond acceptors (Lipinski definition) is 2. The fraction of sp³-hybridized carbons (Fsp3) is 0.700. The lowest BCUT2D eigenvalue weighted by Gasteiger charge is -2.15. The molecule has 1 heterocycles. The summed E-state index contributed by atoms with van der Waals surface area (Å²) in [6.45, 7) is 2.92. The number of hydrogen-bond donors (Lipinski definition) is 1. The fourth-order valence-corrected chi connectivity index (χ4v) is 2.34. The van der Waals surface area contributed by atoms with E-state index < -0.39 is 0 Å². The van der Waals surface area contributed by atoms with Gasteiger partial charge in [-0.1, -0.05) is 0 Å². The highest BCUT2D eigenvalue weighted by Crippen LogP contribution is 2.51. The molecule has 0 atom stereocenters. The molecule has 0 radical (unpaired) electrons. The molecule has 2 N–H and O–H groups in total. The second kappa shape index (κ2) is 2.84. The zero-order chi connectivity index (χ0) is 9.47. The van der Waals surface area contributed by atoms with Crippen LogP contribution in [-0.2, 0) is 12.5 Å². The van der Waals surface area contributed by atoms with E-state index in [0.717, 1.165) is 13.0 Å². The summed E-state index contributed by atoms with van der Waals surface area (Å²) in [5.41, 5.74) is 8.72. The minimum Gasteiger partial charge on any atom is -0.330 e. The molecule has 0 spiro atoms. The lowest BCUT2D eigenvalue weighted by atomic mass is 9.95. The Labute approximate surface area is 78.9 Å². The van der Waals surface area contributed by atoms with Crippen molar-refractivity contribution in [3.63, 3.8) is 0 Å². The van der Waals surface area contributed by atoms with E-state index in [1.807, 2.05) is 17.9 Å². The average Bonchev–Trinajstić information content (AvgIpc) is 2.76. The third-order valence-electron chi connectivity index (χ3n) is 3.10. The summed E-state index contributed by atoms with van der Waals surface area (Å²) in [7, 11) is 2.03. The quantitative estimate of drug-likeness (QED) is 0.755. The van der Waals surface area contributed by atoms with Crippen molar-refractivity contribution in [3.8, 4) is 0 Å². The molecule has 0 aliphatic heterocycles. The van der Waals surface area contributed by atoms with Crippen LogP contribution in [0.25, 0.3) is 0 Å². The third-order valence-corrected chi connectivity index (χ3v) is 3.10. The SMILES string of the molecule is Cc1cnn(C)c1C1(CCN)CC1. The molecule has 0 bridgehead atoms. The standard InChI is InChI=1S/C10H17N3/c1-8-7-12-13(2)9(8)10(3-4-10)5-6-11/h7H,3-6,11H2,1-2H3. The van der Waals surface area contributed by atoms with Crippen LogP contribution in [0.2, 0.25) is 0 Å². The lowest BCUT2D eigenvalue weighted by Crippen LogP contribution is -2.18. The molecule has 1 saturated carbocycles. The summed E-state index contributed by atoms with van der Waals surface area (Å²) in [6, 6.07) is 0. The van der Waals surface area contributed by atoms with Crippen molar-refractivity contribution in [2.24, 2.45) is 12.8 Å². The molecule has 1 aromatic rings. The van der Waals surface area contributed by atoms with Crippen LogP contribution in [-0.4, -0.2) is 16.3 Å². The van der Waals surface area contributed by atoms with Gasteiger partial charge in [0.05, 0.1) is 6.20 Å². The Morgan fingerprint density at radius 2 is 2.31 bits per heavy atom. The molecule has 2 rings (SSSR count). The van der Waals surface area contributed by atoms with Crippen LogP contribution in [0.15, 0.2) is 6.20 Å². The Morgan fingerprint density at radius 3 is 2.69 bits per heavy atom. The molecule has 0 aromatic carbocycles. The van der Waals surface area contributed by atoms with E-state index in [0.29, 0.717) is 5.41 Å². The lowest BCUT2D eigenvalue weighted by molar-refractivity contribution is 0.558. The minimum atomic E-state index is 0.379. The molecule has 72 valence electrons. The van der Waals surface area contributed by atoms with Crippen LogP contribution >= 0.6 is 0 Å². The smallest absolute Gasteiger partial charge is 0.0521 e. The van der Waals surface area contributed by atoms with Crippen molar-refractivity contribution in [2.45, 2.75) is 31.6 Å². The van der Waals surface area contributed by atoms with Crippen molar-refractivity contribution in [3.05, 3.63) is 17.5 Å². The summed E-state index contributed by atoms with van der Waals surface area (Å²) in [6.07, 6.45) is 5.62. The largest absolute Gasteiger partial charge is 0.330 e. The normalized spacial score (nSPS) is 19.0. The van der Waals surface area contributed by atoms with Gasteiger partial charge in [-0.05, 0) is 38.3 Å². The predicted molar refractivity (Wildman–Crippen MR) is 52.5 cm³/mol. The van der Waals surface area contributed by atoms with Crippen molar-refractivity contribution < 1.29 is 0 Å². The van der Waals surface area contributed by atoms with Crippen molar-refractivity contribution in [1.29, 1.82) is 0 Å². The van der Waals surface area contributed by atoms with Crippen LogP contribution in [0.5, 0.6) is 0 Å². The van der Waals surface area contributed by atoms with Gasteiger partial charge < -0.3 is 5.73 Å². The predicted octanol–water partition coefficient (Wildman–Crippen LogP) is 1.11. The first-order chi connectivity index (χ1) is 6.19. The first kappa shape index (κ1) is 8.75. The number of nitrogens with two attached hydrogens (primary N) is 1.